The number of nitrogens with zero attached hydrogens (tertiary/aromatic N) is 1. The minimum atomic E-state index is -0.495. The summed E-state index contributed by atoms with van der Waals surface area (Å²) >= 11 is 5.28. The summed E-state index contributed by atoms with van der Waals surface area (Å²) in [6.07, 6.45) is 3.23. The Hall–Kier alpha value is -2.81. The van der Waals surface area contributed by atoms with E-state index in [4.69, 9.17) is 26.4 Å². The van der Waals surface area contributed by atoms with E-state index in [0.29, 0.717) is 27.9 Å². The number of piperidine rings is 1. The molecular formula is C22H29N3O5S. The molecule has 1 saturated heterocycles. The summed E-state index contributed by atoms with van der Waals surface area (Å²) in [4.78, 5) is 26.8. The number of nitrogens with one attached hydrogen (secondary N) is 2. The van der Waals surface area contributed by atoms with Crippen molar-refractivity contribution in [3.8, 4) is 11.5 Å². The number of hydrogen-bond acceptors (Lipinski definition) is 6. The zero-order chi connectivity index (χ0) is 22.4. The molecular weight excluding hydrogens is 418 g/mol. The number of thiocarbonyl (C=S) groups is 1. The smallest absolute Gasteiger partial charge is 0.338 e. The van der Waals surface area contributed by atoms with Crippen LogP contribution in [0.2, 0.25) is 0 Å². The molecule has 0 aliphatic carbocycles. The van der Waals surface area contributed by atoms with Crippen molar-refractivity contribution in [1.82, 2.24) is 15.5 Å². The molecule has 1 aromatic rings. The molecule has 1 atom stereocenters. The van der Waals surface area contributed by atoms with E-state index >= 15 is 0 Å². The van der Waals surface area contributed by atoms with Gasteiger partial charge in [-0.05, 0) is 63.0 Å². The SMILES string of the molecule is CCOC(=O)C1=C(C)NC(=S)N[C@@H]1c1ccc(OCC(=O)N2CCCCC2)c(OC)c1. The Bertz CT molecular complexity index is 880. The van der Waals surface area contributed by atoms with E-state index in [1.54, 1.807) is 26.0 Å². The lowest BCUT2D eigenvalue weighted by molar-refractivity contribution is -0.139. The molecule has 0 aromatic heterocycles. The highest BCUT2D eigenvalue weighted by molar-refractivity contribution is 7.80. The third-order valence-electron chi connectivity index (χ3n) is 5.35. The normalized spacial score (nSPS) is 18.7. The average molecular weight is 448 g/mol. The van der Waals surface area contributed by atoms with Crippen molar-refractivity contribution in [2.75, 3.05) is 33.4 Å². The molecule has 31 heavy (non-hydrogen) atoms. The summed E-state index contributed by atoms with van der Waals surface area (Å²) in [6, 6.07) is 4.84. The molecule has 2 N–H and O–H groups in total. The molecule has 0 unspecified atom stereocenters. The highest BCUT2D eigenvalue weighted by Crippen LogP contribution is 2.34. The molecule has 8 nitrogen and oxygen atoms in total. The minimum Gasteiger partial charge on any atom is -0.493 e. The molecule has 2 aliphatic rings. The highest BCUT2D eigenvalue weighted by Gasteiger charge is 2.31. The summed E-state index contributed by atoms with van der Waals surface area (Å²) in [5.41, 5.74) is 1.85. The van der Waals surface area contributed by atoms with Crippen molar-refractivity contribution in [2.24, 2.45) is 0 Å². The predicted molar refractivity (Wildman–Crippen MR) is 120 cm³/mol. The second kappa shape index (κ2) is 10.5. The Labute approximate surface area is 187 Å². The molecule has 0 radical (unpaired) electrons. The van der Waals surface area contributed by atoms with E-state index in [2.05, 4.69) is 10.6 Å². The van der Waals surface area contributed by atoms with Gasteiger partial charge in [0.15, 0.2) is 23.2 Å². The zero-order valence-corrected chi connectivity index (χ0v) is 19.0. The maximum atomic E-state index is 12.5. The number of rotatable bonds is 7. The topological polar surface area (TPSA) is 89.1 Å². The van der Waals surface area contributed by atoms with Crippen LogP contribution >= 0.6 is 12.2 Å². The van der Waals surface area contributed by atoms with Gasteiger partial charge in [0, 0.05) is 18.8 Å². The molecule has 1 fully saturated rings. The van der Waals surface area contributed by atoms with Gasteiger partial charge in [0.2, 0.25) is 0 Å². The maximum Gasteiger partial charge on any atom is 0.338 e. The lowest BCUT2D eigenvalue weighted by Crippen LogP contribution is -2.45. The van der Waals surface area contributed by atoms with Crippen molar-refractivity contribution in [1.29, 1.82) is 0 Å². The molecule has 1 amide bonds. The lowest BCUT2D eigenvalue weighted by Gasteiger charge is -2.30. The Balaban J connectivity index is 1.79. The van der Waals surface area contributed by atoms with Crippen molar-refractivity contribution in [2.45, 2.75) is 39.2 Å². The second-order valence-corrected chi connectivity index (χ2v) is 7.84. The number of carbonyl (C=O) groups is 2. The first kappa shape index (κ1) is 22.9. The summed E-state index contributed by atoms with van der Waals surface area (Å²) in [7, 11) is 1.53. The molecule has 168 valence electrons. The van der Waals surface area contributed by atoms with E-state index in [9.17, 15) is 9.59 Å². The Morgan fingerprint density at radius 2 is 1.94 bits per heavy atom. The summed E-state index contributed by atoms with van der Waals surface area (Å²) in [5.74, 6) is 0.487. The number of hydrogen-bond donors (Lipinski definition) is 2. The number of carbonyl (C=O) groups excluding carboxylic acids is 2. The van der Waals surface area contributed by atoms with E-state index < -0.39 is 12.0 Å². The monoisotopic (exact) mass is 447 g/mol. The minimum absolute atomic E-state index is 0.0284. The Morgan fingerprint density at radius 1 is 1.19 bits per heavy atom. The van der Waals surface area contributed by atoms with E-state index in [1.165, 1.54) is 7.11 Å². The summed E-state index contributed by atoms with van der Waals surface area (Å²) in [6.45, 7) is 5.33. The van der Waals surface area contributed by atoms with Gasteiger partial charge in [0.05, 0.1) is 25.3 Å². The fraction of sp³-hybridized carbons (Fsp3) is 0.500. The van der Waals surface area contributed by atoms with E-state index in [-0.39, 0.29) is 19.1 Å². The van der Waals surface area contributed by atoms with Gasteiger partial charge < -0.3 is 29.7 Å². The lowest BCUT2D eigenvalue weighted by atomic mass is 9.95. The molecule has 2 aliphatic heterocycles. The number of amides is 1. The van der Waals surface area contributed by atoms with Crippen LogP contribution in [-0.2, 0) is 14.3 Å². The van der Waals surface area contributed by atoms with Crippen LogP contribution in [0.15, 0.2) is 29.5 Å². The second-order valence-electron chi connectivity index (χ2n) is 7.43. The van der Waals surface area contributed by atoms with Gasteiger partial charge >= 0.3 is 5.97 Å². The van der Waals surface area contributed by atoms with Gasteiger partial charge in [-0.25, -0.2) is 4.79 Å². The van der Waals surface area contributed by atoms with Gasteiger partial charge in [0.25, 0.3) is 5.91 Å². The maximum absolute atomic E-state index is 12.5. The number of methoxy groups -OCH3 is 1. The number of likely N-dealkylation sites (tertiary alicyclic amines) is 1. The Morgan fingerprint density at radius 3 is 2.61 bits per heavy atom. The van der Waals surface area contributed by atoms with Crippen molar-refractivity contribution in [3.05, 3.63) is 35.0 Å². The van der Waals surface area contributed by atoms with Crippen LogP contribution in [0.5, 0.6) is 11.5 Å². The van der Waals surface area contributed by atoms with Crippen molar-refractivity contribution >= 4 is 29.2 Å². The van der Waals surface area contributed by atoms with Crippen LogP contribution in [0.25, 0.3) is 0 Å². The van der Waals surface area contributed by atoms with Gasteiger partial charge in [-0.1, -0.05) is 6.07 Å². The molecule has 0 saturated carbocycles. The molecule has 2 heterocycles. The first-order chi connectivity index (χ1) is 14.9. The zero-order valence-electron chi connectivity index (χ0n) is 18.2. The van der Waals surface area contributed by atoms with E-state index in [0.717, 1.165) is 37.9 Å². The standard InChI is InChI=1S/C22H29N3O5S/c1-4-29-21(27)19-14(2)23-22(31)24-20(19)15-8-9-16(17(12-15)28-3)30-13-18(26)25-10-6-5-7-11-25/h8-9,12,20H,4-7,10-11,13H2,1-3H3,(H2,23,24,31)/t20-/m1/s1. The fourth-order valence-electron chi connectivity index (χ4n) is 3.78. The van der Waals surface area contributed by atoms with Crippen LogP contribution in [0.4, 0.5) is 0 Å². The first-order valence-electron chi connectivity index (χ1n) is 10.5. The number of ether oxygens (including phenoxy) is 3. The largest absolute Gasteiger partial charge is 0.493 e. The fourth-order valence-corrected chi connectivity index (χ4v) is 4.05. The molecule has 0 spiro atoms. The van der Waals surface area contributed by atoms with Crippen LogP contribution in [0.1, 0.15) is 44.7 Å². The van der Waals surface area contributed by atoms with E-state index in [1.807, 2.05) is 11.0 Å². The quantitative estimate of drug-likeness (QED) is 0.487. The predicted octanol–water partition coefficient (Wildman–Crippen LogP) is 2.44. The van der Waals surface area contributed by atoms with Crippen LogP contribution < -0.4 is 20.1 Å². The Kier molecular flexibility index (Phi) is 7.73. The summed E-state index contributed by atoms with van der Waals surface area (Å²) in [5, 5.41) is 6.51. The molecule has 3 rings (SSSR count). The van der Waals surface area contributed by atoms with Gasteiger partial charge in [0.1, 0.15) is 0 Å². The van der Waals surface area contributed by atoms with Crippen molar-refractivity contribution in [3.63, 3.8) is 0 Å². The molecule has 9 heteroatoms. The van der Waals surface area contributed by atoms with Gasteiger partial charge in [-0.2, -0.15) is 0 Å². The van der Waals surface area contributed by atoms with Crippen LogP contribution in [0, 0.1) is 0 Å². The first-order valence-corrected chi connectivity index (χ1v) is 10.9. The van der Waals surface area contributed by atoms with Gasteiger partial charge in [-0.15, -0.1) is 0 Å². The number of benzene rings is 1. The van der Waals surface area contributed by atoms with Crippen LogP contribution in [-0.4, -0.2) is 55.3 Å². The molecule has 1 aromatic carbocycles. The third-order valence-corrected chi connectivity index (χ3v) is 5.57. The number of esters is 1. The van der Waals surface area contributed by atoms with Gasteiger partial charge in [-0.3, -0.25) is 4.79 Å². The average Bonchev–Trinajstić information content (AvgIpc) is 2.77. The van der Waals surface area contributed by atoms with Crippen LogP contribution in [0.3, 0.4) is 0 Å². The third kappa shape index (κ3) is 5.46. The summed E-state index contributed by atoms with van der Waals surface area (Å²) < 4.78 is 16.5. The van der Waals surface area contributed by atoms with Crippen molar-refractivity contribution < 1.29 is 23.8 Å². The highest BCUT2D eigenvalue weighted by atomic mass is 32.1. The number of allylic oxidation sites excluding steroid dienone is 1. The molecule has 0 bridgehead atoms.